The molecule has 1 N–H and O–H groups in total. The second kappa shape index (κ2) is 8.82. The predicted molar refractivity (Wildman–Crippen MR) is 110 cm³/mol. The fourth-order valence-corrected chi connectivity index (χ4v) is 4.64. The monoisotopic (exact) mass is 506 g/mol. The molecule has 1 heterocycles. The number of aryl methyl sites for hydroxylation is 1. The Hall–Kier alpha value is -2.86. The smallest absolute Gasteiger partial charge is 0.435 e. The molecule has 1 aromatic heterocycles. The Morgan fingerprint density at radius 2 is 1.97 bits per heavy atom. The maximum Gasteiger partial charge on any atom is 0.435 e. The zero-order valence-corrected chi connectivity index (χ0v) is 18.9. The Morgan fingerprint density at radius 1 is 1.30 bits per heavy atom. The lowest BCUT2D eigenvalue weighted by Gasteiger charge is -2.17. The number of ether oxygens (including phenoxy) is 1. The molecule has 0 spiro atoms. The van der Waals surface area contributed by atoms with Crippen LogP contribution in [0.4, 0.5) is 13.2 Å². The van der Waals surface area contributed by atoms with E-state index in [2.05, 4.69) is 5.10 Å². The molecule has 0 fully saturated rings. The number of aromatic nitrogens is 2. The van der Waals surface area contributed by atoms with Gasteiger partial charge in [-0.25, -0.2) is 13.1 Å². The molecule has 0 aliphatic heterocycles. The molecule has 8 nitrogen and oxygen atoms in total. The molecule has 0 bridgehead atoms. The van der Waals surface area contributed by atoms with Crippen molar-refractivity contribution in [1.29, 1.82) is 0 Å². The van der Waals surface area contributed by atoms with Gasteiger partial charge in [-0.2, -0.15) is 18.3 Å². The van der Waals surface area contributed by atoms with Crippen LogP contribution < -0.4 is 4.74 Å². The molecule has 1 aromatic carbocycles. The van der Waals surface area contributed by atoms with Gasteiger partial charge in [-0.05, 0) is 18.6 Å². The number of ketones is 2. The van der Waals surface area contributed by atoms with Crippen molar-refractivity contribution in [2.24, 2.45) is 7.05 Å². The molecule has 13 heteroatoms. The number of halogens is 4. The highest BCUT2D eigenvalue weighted by atomic mass is 35.5. The van der Waals surface area contributed by atoms with Crippen molar-refractivity contribution in [1.82, 2.24) is 9.78 Å². The van der Waals surface area contributed by atoms with Crippen molar-refractivity contribution in [3.63, 3.8) is 0 Å². The van der Waals surface area contributed by atoms with Crippen LogP contribution in [0.25, 0.3) is 0 Å². The molecular formula is C20H18ClF3N2O6S. The molecular weight excluding hydrogens is 489 g/mol. The van der Waals surface area contributed by atoms with Gasteiger partial charge in [0.1, 0.15) is 17.9 Å². The third-order valence-corrected chi connectivity index (χ3v) is 6.56. The van der Waals surface area contributed by atoms with Crippen molar-refractivity contribution < 1.29 is 41.0 Å². The van der Waals surface area contributed by atoms with Gasteiger partial charge >= 0.3 is 6.18 Å². The fourth-order valence-electron chi connectivity index (χ4n) is 3.35. The van der Waals surface area contributed by atoms with E-state index >= 15 is 0 Å². The van der Waals surface area contributed by atoms with E-state index < -0.39 is 45.5 Å². The first-order valence-electron chi connectivity index (χ1n) is 9.47. The summed E-state index contributed by atoms with van der Waals surface area (Å²) in [5.74, 6) is -2.16. The van der Waals surface area contributed by atoms with Gasteiger partial charge in [0.15, 0.2) is 21.3 Å². The fraction of sp³-hybridized carbons (Fsp3) is 0.350. The van der Waals surface area contributed by atoms with Gasteiger partial charge in [0.2, 0.25) is 11.7 Å². The van der Waals surface area contributed by atoms with Gasteiger partial charge < -0.3 is 9.84 Å². The maximum absolute atomic E-state index is 12.9. The Morgan fingerprint density at radius 3 is 2.52 bits per heavy atom. The number of benzene rings is 1. The first kappa shape index (κ1) is 24.8. The maximum atomic E-state index is 12.9. The van der Waals surface area contributed by atoms with Crippen LogP contribution >= 0.6 is 11.6 Å². The minimum absolute atomic E-state index is 0.0577. The first-order valence-corrected chi connectivity index (χ1v) is 11.7. The summed E-state index contributed by atoms with van der Waals surface area (Å²) < 4.78 is 69.3. The van der Waals surface area contributed by atoms with E-state index in [-0.39, 0.29) is 45.5 Å². The average molecular weight is 507 g/mol. The van der Waals surface area contributed by atoms with Gasteiger partial charge in [0, 0.05) is 43.3 Å². The van der Waals surface area contributed by atoms with Crippen LogP contribution in [-0.2, 0) is 34.5 Å². The first-order chi connectivity index (χ1) is 15.2. The second-order valence-electron chi connectivity index (χ2n) is 7.38. The highest BCUT2D eigenvalue weighted by molar-refractivity contribution is 7.90. The van der Waals surface area contributed by atoms with Crippen molar-refractivity contribution >= 4 is 33.0 Å². The molecule has 0 unspecified atom stereocenters. The van der Waals surface area contributed by atoms with E-state index in [9.17, 15) is 36.3 Å². The third-order valence-electron chi connectivity index (χ3n) is 4.95. The number of nitrogens with zero attached hydrogens (tertiary/aromatic N) is 2. The van der Waals surface area contributed by atoms with Crippen LogP contribution in [0.1, 0.15) is 40.9 Å². The average Bonchev–Trinajstić information content (AvgIpc) is 3.07. The lowest BCUT2D eigenvalue weighted by molar-refractivity contribution is -0.141. The highest BCUT2D eigenvalue weighted by Gasteiger charge is 2.35. The summed E-state index contributed by atoms with van der Waals surface area (Å²) >= 11 is 6.33. The molecule has 33 heavy (non-hydrogen) atoms. The predicted octanol–water partition coefficient (Wildman–Crippen LogP) is 3.82. The van der Waals surface area contributed by atoms with E-state index in [1.165, 1.54) is 7.05 Å². The number of aliphatic hydroxyl groups excluding tert-OH is 1. The number of sulfone groups is 1. The number of hydrogen-bond donors (Lipinski definition) is 1. The summed E-state index contributed by atoms with van der Waals surface area (Å²) in [5, 5.41) is 13.0. The number of allylic oxidation sites excluding steroid dienone is 2. The number of alkyl halides is 3. The van der Waals surface area contributed by atoms with Gasteiger partial charge in [0.25, 0.3) is 0 Å². The van der Waals surface area contributed by atoms with E-state index in [4.69, 9.17) is 16.3 Å². The summed E-state index contributed by atoms with van der Waals surface area (Å²) in [5.41, 5.74) is -2.08. The number of Topliss-reactive ketones (excluding diaryl/α,β-unsaturated/α-hetero) is 2. The summed E-state index contributed by atoms with van der Waals surface area (Å²) in [6.07, 6.45) is -3.27. The quantitative estimate of drug-likeness (QED) is 0.467. The van der Waals surface area contributed by atoms with Crippen LogP contribution in [0, 0.1) is 0 Å². The molecule has 0 amide bonds. The SMILES string of the molecule is Cn1nc(C(F)(F)F)cc1OCc1c(S(C)(=O)=O)ccc(C(=O)C2=C(O)CCCC2=O)c1Cl. The Kier molecular flexibility index (Phi) is 6.62. The van der Waals surface area contributed by atoms with Crippen LogP contribution in [0.3, 0.4) is 0 Å². The number of rotatable bonds is 6. The number of carbonyl (C=O) groups is 2. The van der Waals surface area contributed by atoms with Crippen LogP contribution in [0.5, 0.6) is 5.88 Å². The molecule has 0 atom stereocenters. The van der Waals surface area contributed by atoms with Crippen molar-refractivity contribution in [3.05, 3.63) is 51.4 Å². The van der Waals surface area contributed by atoms with Crippen LogP contribution in [0.2, 0.25) is 5.02 Å². The van der Waals surface area contributed by atoms with Crippen molar-refractivity contribution in [3.8, 4) is 5.88 Å². The molecule has 3 rings (SSSR count). The highest BCUT2D eigenvalue weighted by Crippen LogP contribution is 2.34. The molecule has 0 saturated carbocycles. The van der Waals surface area contributed by atoms with Crippen LogP contribution in [0.15, 0.2) is 34.4 Å². The zero-order valence-electron chi connectivity index (χ0n) is 17.4. The lowest BCUT2D eigenvalue weighted by Crippen LogP contribution is -2.20. The minimum Gasteiger partial charge on any atom is -0.511 e. The second-order valence-corrected chi connectivity index (χ2v) is 9.74. The minimum atomic E-state index is -4.72. The van der Waals surface area contributed by atoms with Gasteiger partial charge in [0.05, 0.1) is 9.92 Å². The van der Waals surface area contributed by atoms with Crippen LogP contribution in [-0.4, -0.2) is 41.1 Å². The molecule has 0 radical (unpaired) electrons. The number of aliphatic hydroxyl groups is 1. The summed E-state index contributed by atoms with van der Waals surface area (Å²) in [6.45, 7) is -0.613. The topological polar surface area (TPSA) is 116 Å². The lowest BCUT2D eigenvalue weighted by atomic mass is 9.90. The van der Waals surface area contributed by atoms with E-state index in [1.807, 2.05) is 0 Å². The Balaban J connectivity index is 2.04. The summed E-state index contributed by atoms with van der Waals surface area (Å²) in [4.78, 5) is 24.8. The number of hydrogen-bond acceptors (Lipinski definition) is 7. The van der Waals surface area contributed by atoms with Gasteiger partial charge in [-0.3, -0.25) is 9.59 Å². The van der Waals surface area contributed by atoms with Gasteiger partial charge in [-0.1, -0.05) is 11.6 Å². The van der Waals surface area contributed by atoms with E-state index in [1.54, 1.807) is 0 Å². The zero-order chi connectivity index (χ0) is 24.7. The Bertz CT molecular complexity index is 1280. The molecule has 178 valence electrons. The van der Waals surface area contributed by atoms with Crippen molar-refractivity contribution in [2.45, 2.75) is 36.9 Å². The van der Waals surface area contributed by atoms with Crippen molar-refractivity contribution in [2.75, 3.05) is 6.26 Å². The third kappa shape index (κ3) is 5.06. The largest absolute Gasteiger partial charge is 0.511 e. The molecule has 1 aliphatic carbocycles. The van der Waals surface area contributed by atoms with Gasteiger partial charge in [-0.15, -0.1) is 0 Å². The van der Waals surface area contributed by atoms with E-state index in [0.29, 0.717) is 12.5 Å². The van der Waals surface area contributed by atoms with E-state index in [0.717, 1.165) is 23.1 Å². The summed E-state index contributed by atoms with van der Waals surface area (Å²) in [6, 6.07) is 2.83. The standard InChI is InChI=1S/C20H18ClF3N2O6S/c1-26-16(8-15(25-26)20(22,23)24)32-9-11-14(33(2,30)31)7-6-10(18(11)21)19(29)17-12(27)4-3-5-13(17)28/h6-8,27H,3-5,9H2,1-2H3. The molecule has 0 saturated heterocycles. The Labute approximate surface area is 191 Å². The molecule has 1 aliphatic rings. The summed E-state index contributed by atoms with van der Waals surface area (Å²) in [7, 11) is -2.68. The normalized spacial score (nSPS) is 15.2. The number of carbonyl (C=O) groups excluding carboxylic acids is 2. The molecule has 2 aromatic rings.